The number of aromatic nitrogens is 4. The quantitative estimate of drug-likeness (QED) is 0.726. The summed E-state index contributed by atoms with van der Waals surface area (Å²) in [4.78, 5) is 3.98. The largest absolute Gasteiger partial charge is 0.504 e. The molecule has 0 aliphatic heterocycles. The molecule has 19 heavy (non-hydrogen) atoms. The van der Waals surface area contributed by atoms with Gasteiger partial charge in [-0.25, -0.2) is 9.38 Å². The van der Waals surface area contributed by atoms with Crippen molar-refractivity contribution in [3.8, 4) is 22.9 Å². The van der Waals surface area contributed by atoms with Gasteiger partial charge in [0.25, 0.3) is 0 Å². The minimum atomic E-state index is 0.0248. The molecule has 0 saturated carbocycles. The number of benzene rings is 1. The monoisotopic (exact) mass is 276 g/mol. The van der Waals surface area contributed by atoms with Crippen molar-refractivity contribution in [1.29, 1.82) is 0 Å². The highest BCUT2D eigenvalue weighted by Gasteiger charge is 2.13. The maximum atomic E-state index is 9.80. The molecule has 0 bridgehead atoms. The minimum Gasteiger partial charge on any atom is -0.504 e. The lowest BCUT2D eigenvalue weighted by Gasteiger charge is -2.05. The highest BCUT2D eigenvalue weighted by atomic mass is 35.5. The maximum absolute atomic E-state index is 9.80. The van der Waals surface area contributed by atoms with Crippen LogP contribution in [0.4, 0.5) is 0 Å². The van der Waals surface area contributed by atoms with Crippen molar-refractivity contribution in [2.45, 2.75) is 0 Å². The van der Waals surface area contributed by atoms with E-state index in [0.29, 0.717) is 22.8 Å². The van der Waals surface area contributed by atoms with E-state index in [2.05, 4.69) is 15.2 Å². The van der Waals surface area contributed by atoms with Gasteiger partial charge in [0.15, 0.2) is 23.0 Å². The smallest absolute Gasteiger partial charge is 0.210 e. The average molecular weight is 277 g/mol. The van der Waals surface area contributed by atoms with E-state index in [4.69, 9.17) is 16.3 Å². The lowest BCUT2D eigenvalue weighted by atomic mass is 10.2. The Kier molecular flexibility index (Phi) is 2.72. The summed E-state index contributed by atoms with van der Waals surface area (Å²) in [6.07, 6.45) is 1.56. The molecule has 3 aromatic rings. The molecule has 96 valence electrons. The van der Waals surface area contributed by atoms with Crippen LogP contribution in [0.2, 0.25) is 5.28 Å². The number of rotatable bonds is 2. The van der Waals surface area contributed by atoms with E-state index in [1.807, 2.05) is 0 Å². The van der Waals surface area contributed by atoms with E-state index in [0.717, 1.165) is 0 Å². The van der Waals surface area contributed by atoms with E-state index < -0.39 is 0 Å². The van der Waals surface area contributed by atoms with Gasteiger partial charge < -0.3 is 9.84 Å². The number of methoxy groups -OCH3 is 1. The first kappa shape index (κ1) is 11.7. The molecule has 0 unspecified atom stereocenters. The van der Waals surface area contributed by atoms with E-state index in [1.54, 1.807) is 34.9 Å². The average Bonchev–Trinajstić information content (AvgIpc) is 2.84. The molecular weight excluding hydrogens is 268 g/mol. The SMILES string of the molecule is COc1ccc(-c2nnc3ccnc(Cl)n23)cc1O. The normalized spacial score (nSPS) is 10.8. The van der Waals surface area contributed by atoms with Gasteiger partial charge >= 0.3 is 0 Å². The molecule has 0 fully saturated rings. The third kappa shape index (κ3) is 1.86. The van der Waals surface area contributed by atoms with Crippen molar-refractivity contribution in [3.05, 3.63) is 35.7 Å². The Morgan fingerprint density at radius 2 is 2.11 bits per heavy atom. The van der Waals surface area contributed by atoms with Crippen LogP contribution in [0.1, 0.15) is 0 Å². The van der Waals surface area contributed by atoms with Crippen LogP contribution in [-0.4, -0.2) is 31.8 Å². The summed E-state index contributed by atoms with van der Waals surface area (Å²) in [5.41, 5.74) is 1.26. The number of phenols is 1. The fraction of sp³-hybridized carbons (Fsp3) is 0.0833. The summed E-state index contributed by atoms with van der Waals surface area (Å²) in [7, 11) is 1.49. The molecular formula is C12H9ClN4O2. The molecule has 0 spiro atoms. The van der Waals surface area contributed by atoms with E-state index in [1.165, 1.54) is 7.11 Å². The van der Waals surface area contributed by atoms with Crippen LogP contribution in [0.25, 0.3) is 17.0 Å². The van der Waals surface area contributed by atoms with Crippen molar-refractivity contribution >= 4 is 17.2 Å². The Hall–Kier alpha value is -2.34. The molecule has 0 aliphatic carbocycles. The first-order chi connectivity index (χ1) is 9.20. The highest BCUT2D eigenvalue weighted by molar-refractivity contribution is 6.28. The van der Waals surface area contributed by atoms with Crippen LogP contribution < -0.4 is 4.74 Å². The number of hydrogen-bond acceptors (Lipinski definition) is 5. The van der Waals surface area contributed by atoms with Crippen LogP contribution in [-0.2, 0) is 0 Å². The molecule has 6 nitrogen and oxygen atoms in total. The number of aromatic hydroxyl groups is 1. The predicted octanol–water partition coefficient (Wildman–Crippen LogP) is 2.16. The number of ether oxygens (including phenoxy) is 1. The van der Waals surface area contributed by atoms with Gasteiger partial charge in [0.1, 0.15) is 0 Å². The Morgan fingerprint density at radius 3 is 2.84 bits per heavy atom. The first-order valence-corrected chi connectivity index (χ1v) is 5.81. The van der Waals surface area contributed by atoms with Gasteiger partial charge in [-0.3, -0.25) is 0 Å². The predicted molar refractivity (Wildman–Crippen MR) is 69.4 cm³/mol. The summed E-state index contributed by atoms with van der Waals surface area (Å²) in [5, 5.41) is 18.1. The third-order valence-corrected chi connectivity index (χ3v) is 2.98. The zero-order valence-corrected chi connectivity index (χ0v) is 10.7. The van der Waals surface area contributed by atoms with Crippen LogP contribution in [0.5, 0.6) is 11.5 Å². The third-order valence-electron chi connectivity index (χ3n) is 2.71. The highest BCUT2D eigenvalue weighted by Crippen LogP contribution is 2.31. The van der Waals surface area contributed by atoms with Gasteiger partial charge in [-0.05, 0) is 29.8 Å². The van der Waals surface area contributed by atoms with Gasteiger partial charge in [-0.2, -0.15) is 0 Å². The second kappa shape index (κ2) is 4.40. The number of phenolic OH excluding ortho intramolecular Hbond substituents is 1. The van der Waals surface area contributed by atoms with Crippen molar-refractivity contribution in [1.82, 2.24) is 19.6 Å². The molecule has 2 heterocycles. The Labute approximate surface area is 113 Å². The van der Waals surface area contributed by atoms with Gasteiger partial charge in [0.05, 0.1) is 7.11 Å². The molecule has 0 atom stereocenters. The zero-order valence-electron chi connectivity index (χ0n) is 9.91. The summed E-state index contributed by atoms with van der Waals surface area (Å²) in [6, 6.07) is 6.65. The van der Waals surface area contributed by atoms with Crippen molar-refractivity contribution in [2.24, 2.45) is 0 Å². The number of nitrogens with zero attached hydrogens (tertiary/aromatic N) is 4. The molecule has 1 aromatic carbocycles. The topological polar surface area (TPSA) is 72.5 Å². The van der Waals surface area contributed by atoms with Gasteiger partial charge in [0, 0.05) is 17.8 Å². The van der Waals surface area contributed by atoms with Crippen molar-refractivity contribution < 1.29 is 9.84 Å². The Morgan fingerprint density at radius 1 is 1.26 bits per heavy atom. The van der Waals surface area contributed by atoms with Gasteiger partial charge in [-0.15, -0.1) is 10.2 Å². The molecule has 3 rings (SSSR count). The fourth-order valence-electron chi connectivity index (χ4n) is 1.83. The van der Waals surface area contributed by atoms with Crippen molar-refractivity contribution in [2.75, 3.05) is 7.11 Å². The summed E-state index contributed by atoms with van der Waals surface area (Å²) >= 11 is 6.04. The molecule has 2 aromatic heterocycles. The lowest BCUT2D eigenvalue weighted by Crippen LogP contribution is -1.93. The number of fused-ring (bicyclic) bond motifs is 1. The van der Waals surface area contributed by atoms with Crippen molar-refractivity contribution in [3.63, 3.8) is 0 Å². The minimum absolute atomic E-state index is 0.0248. The van der Waals surface area contributed by atoms with E-state index >= 15 is 0 Å². The van der Waals surface area contributed by atoms with E-state index in [-0.39, 0.29) is 11.0 Å². The van der Waals surface area contributed by atoms with Crippen LogP contribution in [0, 0.1) is 0 Å². The lowest BCUT2D eigenvalue weighted by molar-refractivity contribution is 0.373. The molecule has 0 saturated heterocycles. The standard InChI is InChI=1S/C12H9ClN4O2/c1-19-9-3-2-7(6-8(9)18)11-16-15-10-4-5-14-12(13)17(10)11/h2-6,18H,1H3. The Bertz CT molecular complexity index is 757. The second-order valence-corrected chi connectivity index (χ2v) is 4.16. The van der Waals surface area contributed by atoms with Crippen LogP contribution in [0.15, 0.2) is 30.5 Å². The fourth-order valence-corrected chi connectivity index (χ4v) is 2.05. The maximum Gasteiger partial charge on any atom is 0.210 e. The zero-order chi connectivity index (χ0) is 13.4. The summed E-state index contributed by atoms with van der Waals surface area (Å²) in [5.74, 6) is 0.921. The molecule has 0 radical (unpaired) electrons. The summed E-state index contributed by atoms with van der Waals surface area (Å²) < 4.78 is 6.60. The van der Waals surface area contributed by atoms with Crippen LogP contribution in [0.3, 0.4) is 0 Å². The van der Waals surface area contributed by atoms with Gasteiger partial charge in [-0.1, -0.05) is 0 Å². The number of halogens is 1. The second-order valence-electron chi connectivity index (χ2n) is 3.82. The summed E-state index contributed by atoms with van der Waals surface area (Å²) in [6.45, 7) is 0. The molecule has 1 N–H and O–H groups in total. The number of hydrogen-bond donors (Lipinski definition) is 1. The first-order valence-electron chi connectivity index (χ1n) is 5.43. The van der Waals surface area contributed by atoms with Gasteiger partial charge in [0.2, 0.25) is 5.28 Å². The Balaban J connectivity index is 2.22. The van der Waals surface area contributed by atoms with Crippen LogP contribution >= 0.6 is 11.6 Å². The molecule has 7 heteroatoms. The molecule has 0 aliphatic rings. The molecule has 0 amide bonds. The van der Waals surface area contributed by atoms with E-state index in [9.17, 15) is 5.11 Å².